The van der Waals surface area contributed by atoms with Gasteiger partial charge in [0.15, 0.2) is 0 Å². The zero-order valence-corrected chi connectivity index (χ0v) is 13.0. The van der Waals surface area contributed by atoms with Crippen LogP contribution in [0.3, 0.4) is 0 Å². The maximum absolute atomic E-state index is 12.4. The number of para-hydroxylation sites is 1. The van der Waals surface area contributed by atoms with Gasteiger partial charge in [0.1, 0.15) is 5.75 Å². The molecule has 1 fully saturated rings. The number of nitrogens with zero attached hydrogens (tertiary/aromatic N) is 2. The molecule has 0 spiro atoms. The summed E-state index contributed by atoms with van der Waals surface area (Å²) in [5, 5.41) is 10.5. The van der Waals surface area contributed by atoms with Crippen molar-refractivity contribution in [1.82, 2.24) is 9.80 Å². The molecule has 0 radical (unpaired) electrons. The van der Waals surface area contributed by atoms with E-state index in [1.165, 1.54) is 0 Å². The number of carbonyl (C=O) groups excluding carboxylic acids is 1. The highest BCUT2D eigenvalue weighted by Gasteiger charge is 2.38. The van der Waals surface area contributed by atoms with Crippen LogP contribution in [0.5, 0.6) is 5.75 Å². The summed E-state index contributed by atoms with van der Waals surface area (Å²) >= 11 is 0. The van der Waals surface area contributed by atoms with Gasteiger partial charge in [0, 0.05) is 18.7 Å². The van der Waals surface area contributed by atoms with Crippen LogP contribution in [0.15, 0.2) is 24.3 Å². The fraction of sp³-hybridized carbons (Fsp3) is 0.562. The Morgan fingerprint density at radius 1 is 1.43 bits per heavy atom. The van der Waals surface area contributed by atoms with Gasteiger partial charge in [-0.1, -0.05) is 18.2 Å². The molecule has 2 rings (SSSR count). The first-order valence-electron chi connectivity index (χ1n) is 7.20. The minimum atomic E-state index is -0.792. The Kier molecular flexibility index (Phi) is 4.85. The van der Waals surface area contributed by atoms with Crippen molar-refractivity contribution in [3.8, 4) is 5.75 Å². The number of hydrogen-bond donors (Lipinski definition) is 1. The molecule has 21 heavy (non-hydrogen) atoms. The Morgan fingerprint density at radius 3 is 2.81 bits per heavy atom. The van der Waals surface area contributed by atoms with Gasteiger partial charge < -0.3 is 19.6 Å². The summed E-state index contributed by atoms with van der Waals surface area (Å²) in [4.78, 5) is 16.1. The molecule has 1 aliphatic heterocycles. The number of hydrogen-bond acceptors (Lipinski definition) is 4. The molecule has 1 heterocycles. The van der Waals surface area contributed by atoms with Crippen LogP contribution in [0.25, 0.3) is 0 Å². The van der Waals surface area contributed by atoms with E-state index in [9.17, 15) is 9.90 Å². The van der Waals surface area contributed by atoms with Gasteiger partial charge in [-0.2, -0.15) is 0 Å². The van der Waals surface area contributed by atoms with Crippen molar-refractivity contribution in [3.63, 3.8) is 0 Å². The highest BCUT2D eigenvalue weighted by Crippen LogP contribution is 2.24. The fourth-order valence-corrected chi connectivity index (χ4v) is 2.91. The second kappa shape index (κ2) is 6.45. The molecule has 116 valence electrons. The van der Waals surface area contributed by atoms with E-state index in [0.717, 1.165) is 11.3 Å². The smallest absolute Gasteiger partial charge is 0.227 e. The molecule has 0 aliphatic carbocycles. The van der Waals surface area contributed by atoms with Gasteiger partial charge >= 0.3 is 0 Å². The molecule has 1 aromatic rings. The van der Waals surface area contributed by atoms with Gasteiger partial charge in [-0.05, 0) is 26.6 Å². The molecule has 0 saturated carbocycles. The number of carbonyl (C=O) groups is 1. The summed E-state index contributed by atoms with van der Waals surface area (Å²) in [7, 11) is 5.46. The first-order chi connectivity index (χ1) is 9.93. The predicted molar refractivity (Wildman–Crippen MR) is 81.4 cm³/mol. The van der Waals surface area contributed by atoms with Crippen LogP contribution in [-0.4, -0.2) is 67.3 Å². The van der Waals surface area contributed by atoms with Crippen LogP contribution in [0.1, 0.15) is 12.0 Å². The molecule has 1 atom stereocenters. The molecule has 1 aliphatic rings. The number of methoxy groups -OCH3 is 1. The van der Waals surface area contributed by atoms with E-state index in [-0.39, 0.29) is 5.91 Å². The number of rotatable bonds is 5. The number of benzene rings is 1. The Bertz CT molecular complexity index is 504. The number of ether oxygens (including phenoxy) is 1. The standard InChI is InChI=1S/C16H24N2O3/c1-17(2)11-16(20)8-9-18(12-16)15(19)10-13-6-4-5-7-14(13)21-3/h4-7,20H,8-12H2,1-3H3/t16-/m0/s1. The normalized spacial score (nSPS) is 21.9. The van der Waals surface area contributed by atoms with E-state index in [4.69, 9.17) is 4.74 Å². The first-order valence-corrected chi connectivity index (χ1v) is 7.20. The van der Waals surface area contributed by atoms with Crippen LogP contribution < -0.4 is 4.74 Å². The van der Waals surface area contributed by atoms with Crippen molar-refractivity contribution >= 4 is 5.91 Å². The third-order valence-corrected chi connectivity index (χ3v) is 3.83. The highest BCUT2D eigenvalue weighted by molar-refractivity contribution is 5.80. The van der Waals surface area contributed by atoms with E-state index >= 15 is 0 Å². The second-order valence-corrected chi connectivity index (χ2v) is 6.02. The summed E-state index contributed by atoms with van der Waals surface area (Å²) in [6.07, 6.45) is 0.935. The predicted octanol–water partition coefficient (Wildman–Crippen LogP) is 0.763. The van der Waals surface area contributed by atoms with Crippen molar-refractivity contribution < 1.29 is 14.6 Å². The monoisotopic (exact) mass is 292 g/mol. The lowest BCUT2D eigenvalue weighted by atomic mass is 10.0. The molecule has 1 aromatic carbocycles. The summed E-state index contributed by atoms with van der Waals surface area (Å²) in [5.74, 6) is 0.766. The van der Waals surface area contributed by atoms with Crippen molar-refractivity contribution in [2.75, 3.05) is 40.8 Å². The summed E-state index contributed by atoms with van der Waals surface area (Å²) in [6, 6.07) is 7.55. The molecule has 1 saturated heterocycles. The minimum absolute atomic E-state index is 0.0363. The first kappa shape index (κ1) is 15.8. The van der Waals surface area contributed by atoms with Gasteiger partial charge in [0.25, 0.3) is 0 Å². The van der Waals surface area contributed by atoms with E-state index < -0.39 is 5.60 Å². The summed E-state index contributed by atoms with van der Waals surface area (Å²) < 4.78 is 5.28. The van der Waals surface area contributed by atoms with Crippen molar-refractivity contribution in [2.24, 2.45) is 0 Å². The van der Waals surface area contributed by atoms with Gasteiger partial charge in [0.2, 0.25) is 5.91 Å². The van der Waals surface area contributed by atoms with Crippen LogP contribution in [0.4, 0.5) is 0 Å². The maximum atomic E-state index is 12.4. The highest BCUT2D eigenvalue weighted by atomic mass is 16.5. The Morgan fingerprint density at radius 2 is 2.14 bits per heavy atom. The van der Waals surface area contributed by atoms with Crippen LogP contribution in [-0.2, 0) is 11.2 Å². The Balaban J connectivity index is 1.99. The van der Waals surface area contributed by atoms with E-state index in [2.05, 4.69) is 0 Å². The third-order valence-electron chi connectivity index (χ3n) is 3.83. The average molecular weight is 292 g/mol. The minimum Gasteiger partial charge on any atom is -0.496 e. The van der Waals surface area contributed by atoms with Crippen LogP contribution >= 0.6 is 0 Å². The quantitative estimate of drug-likeness (QED) is 0.871. The lowest BCUT2D eigenvalue weighted by Crippen LogP contribution is -2.43. The number of β-amino-alcohol motifs (C(OH)–C–C–N with tert-alkyl or cyclic N) is 1. The molecule has 0 unspecified atom stereocenters. The lowest BCUT2D eigenvalue weighted by molar-refractivity contribution is -0.130. The van der Waals surface area contributed by atoms with Crippen LogP contribution in [0.2, 0.25) is 0 Å². The van der Waals surface area contributed by atoms with Crippen molar-refractivity contribution in [3.05, 3.63) is 29.8 Å². The molecule has 1 amide bonds. The number of likely N-dealkylation sites (N-methyl/N-ethyl adjacent to an activating group) is 1. The summed E-state index contributed by atoms with van der Waals surface area (Å²) in [5.41, 5.74) is 0.0907. The van der Waals surface area contributed by atoms with Gasteiger partial charge in [-0.3, -0.25) is 4.79 Å². The topological polar surface area (TPSA) is 53.0 Å². The molecule has 1 N–H and O–H groups in total. The Hall–Kier alpha value is -1.59. The molecular weight excluding hydrogens is 268 g/mol. The van der Waals surface area contributed by atoms with Crippen LogP contribution in [0, 0.1) is 0 Å². The second-order valence-electron chi connectivity index (χ2n) is 6.02. The lowest BCUT2D eigenvalue weighted by Gasteiger charge is -2.26. The maximum Gasteiger partial charge on any atom is 0.227 e. The zero-order valence-electron chi connectivity index (χ0n) is 13.0. The summed E-state index contributed by atoms with van der Waals surface area (Å²) in [6.45, 7) is 1.59. The Labute approximate surface area is 126 Å². The number of aliphatic hydroxyl groups is 1. The molecule has 0 bridgehead atoms. The number of amides is 1. The van der Waals surface area contributed by atoms with E-state index in [1.807, 2.05) is 43.3 Å². The van der Waals surface area contributed by atoms with Gasteiger partial charge in [-0.15, -0.1) is 0 Å². The average Bonchev–Trinajstić information content (AvgIpc) is 2.80. The van der Waals surface area contributed by atoms with E-state index in [0.29, 0.717) is 32.5 Å². The van der Waals surface area contributed by atoms with E-state index in [1.54, 1.807) is 12.0 Å². The zero-order chi connectivity index (χ0) is 15.5. The molecular formula is C16H24N2O3. The van der Waals surface area contributed by atoms with Crippen molar-refractivity contribution in [2.45, 2.75) is 18.4 Å². The van der Waals surface area contributed by atoms with Crippen molar-refractivity contribution in [1.29, 1.82) is 0 Å². The molecule has 5 nitrogen and oxygen atoms in total. The SMILES string of the molecule is COc1ccccc1CC(=O)N1CC[C@](O)(CN(C)C)C1. The molecule has 0 aromatic heterocycles. The third kappa shape index (κ3) is 3.95. The molecule has 5 heteroatoms. The number of likely N-dealkylation sites (tertiary alicyclic amines) is 1. The largest absolute Gasteiger partial charge is 0.496 e. The fourth-order valence-electron chi connectivity index (χ4n) is 2.91. The van der Waals surface area contributed by atoms with Gasteiger partial charge in [-0.25, -0.2) is 0 Å². The van der Waals surface area contributed by atoms with Gasteiger partial charge in [0.05, 0.1) is 25.7 Å².